The summed E-state index contributed by atoms with van der Waals surface area (Å²) >= 11 is 0. The smallest absolute Gasteiger partial charge is 0.225 e. The first kappa shape index (κ1) is 21.4. The Balaban J connectivity index is 1.67. The van der Waals surface area contributed by atoms with Gasteiger partial charge in [0.15, 0.2) is 0 Å². The van der Waals surface area contributed by atoms with Gasteiger partial charge in [-0.3, -0.25) is 14.6 Å². The molecule has 1 aromatic heterocycles. The minimum absolute atomic E-state index is 0.0604. The quantitative estimate of drug-likeness (QED) is 0.671. The first-order valence-corrected chi connectivity index (χ1v) is 10.0. The maximum Gasteiger partial charge on any atom is 0.225 e. The van der Waals surface area contributed by atoms with E-state index in [1.54, 1.807) is 12.4 Å². The number of pyridine rings is 1. The van der Waals surface area contributed by atoms with Gasteiger partial charge in [0.2, 0.25) is 11.8 Å². The molecule has 0 unspecified atom stereocenters. The molecule has 0 spiro atoms. The van der Waals surface area contributed by atoms with E-state index in [-0.39, 0.29) is 23.7 Å². The molecule has 1 heterocycles. The molecule has 2 amide bonds. The average Bonchev–Trinajstić information content (AvgIpc) is 2.69. The summed E-state index contributed by atoms with van der Waals surface area (Å²) in [7, 11) is 5.95. The van der Waals surface area contributed by atoms with Crippen LogP contribution in [0.25, 0.3) is 0 Å². The third-order valence-corrected chi connectivity index (χ3v) is 5.39. The molecule has 0 aliphatic heterocycles. The molecule has 6 nitrogen and oxygen atoms in total. The van der Waals surface area contributed by atoms with Gasteiger partial charge in [0.25, 0.3) is 0 Å². The van der Waals surface area contributed by atoms with Crippen LogP contribution in [-0.2, 0) is 16.0 Å². The van der Waals surface area contributed by atoms with Crippen LogP contribution in [-0.4, -0.2) is 67.4 Å². The van der Waals surface area contributed by atoms with E-state index in [0.717, 1.165) is 58.2 Å². The number of carbonyl (C=O) groups excluding carboxylic acids is 2. The fraction of sp³-hybridized carbons (Fsp3) is 0.667. The molecule has 0 radical (unpaired) electrons. The highest BCUT2D eigenvalue weighted by Crippen LogP contribution is 2.30. The van der Waals surface area contributed by atoms with Crippen LogP contribution in [0.1, 0.15) is 37.7 Å². The molecule has 1 aromatic rings. The summed E-state index contributed by atoms with van der Waals surface area (Å²) in [6.45, 7) is 2.43. The van der Waals surface area contributed by atoms with Crippen molar-refractivity contribution in [1.82, 2.24) is 20.1 Å². The Morgan fingerprint density at radius 3 is 2.30 bits per heavy atom. The average molecular weight is 375 g/mol. The van der Waals surface area contributed by atoms with Crippen LogP contribution in [0.5, 0.6) is 0 Å². The van der Waals surface area contributed by atoms with Gasteiger partial charge in [-0.05, 0) is 76.9 Å². The summed E-state index contributed by atoms with van der Waals surface area (Å²) in [5, 5.41) is 3.05. The van der Waals surface area contributed by atoms with E-state index in [1.165, 1.54) is 5.56 Å². The maximum absolute atomic E-state index is 12.7. The molecule has 150 valence electrons. The Morgan fingerprint density at radius 2 is 1.67 bits per heavy atom. The van der Waals surface area contributed by atoms with Crippen LogP contribution in [0.3, 0.4) is 0 Å². The Hall–Kier alpha value is -1.95. The van der Waals surface area contributed by atoms with Crippen molar-refractivity contribution in [2.24, 2.45) is 11.8 Å². The predicted molar refractivity (Wildman–Crippen MR) is 107 cm³/mol. The molecule has 0 saturated heterocycles. The molecule has 1 aliphatic carbocycles. The Labute approximate surface area is 163 Å². The molecule has 0 aromatic carbocycles. The molecule has 0 bridgehead atoms. The monoisotopic (exact) mass is 374 g/mol. The van der Waals surface area contributed by atoms with Crippen LogP contribution >= 0.6 is 0 Å². The molecular formula is C21H34N4O2. The number of amides is 2. The van der Waals surface area contributed by atoms with Gasteiger partial charge < -0.3 is 15.1 Å². The fourth-order valence-electron chi connectivity index (χ4n) is 3.62. The van der Waals surface area contributed by atoms with Gasteiger partial charge in [-0.1, -0.05) is 0 Å². The highest BCUT2D eigenvalue weighted by Gasteiger charge is 2.31. The first-order chi connectivity index (χ1) is 13.0. The van der Waals surface area contributed by atoms with Crippen molar-refractivity contribution in [3.63, 3.8) is 0 Å². The lowest BCUT2D eigenvalue weighted by Crippen LogP contribution is -2.39. The first-order valence-electron chi connectivity index (χ1n) is 10.0. The van der Waals surface area contributed by atoms with Gasteiger partial charge in [-0.15, -0.1) is 0 Å². The normalized spacial score (nSPS) is 19.7. The number of likely N-dealkylation sites (N-methyl/N-ethyl adjacent to an activating group) is 1. The van der Waals surface area contributed by atoms with E-state index in [9.17, 15) is 9.59 Å². The lowest BCUT2D eigenvalue weighted by Gasteiger charge is -2.30. The van der Waals surface area contributed by atoms with Crippen LogP contribution in [0.2, 0.25) is 0 Å². The second-order valence-electron chi connectivity index (χ2n) is 7.86. The zero-order chi connectivity index (χ0) is 19.6. The van der Waals surface area contributed by atoms with Crippen molar-refractivity contribution in [2.45, 2.75) is 38.5 Å². The third-order valence-electron chi connectivity index (χ3n) is 5.39. The van der Waals surface area contributed by atoms with Crippen molar-refractivity contribution in [3.8, 4) is 0 Å². The zero-order valence-corrected chi connectivity index (χ0v) is 17.0. The Bertz CT molecular complexity index is 583. The van der Waals surface area contributed by atoms with E-state index in [0.29, 0.717) is 0 Å². The molecule has 6 heteroatoms. The van der Waals surface area contributed by atoms with Gasteiger partial charge >= 0.3 is 0 Å². The van der Waals surface area contributed by atoms with Gasteiger partial charge in [-0.25, -0.2) is 0 Å². The zero-order valence-electron chi connectivity index (χ0n) is 17.0. The molecular weight excluding hydrogens is 340 g/mol. The van der Waals surface area contributed by atoms with Crippen molar-refractivity contribution < 1.29 is 9.59 Å². The van der Waals surface area contributed by atoms with Crippen LogP contribution < -0.4 is 5.32 Å². The number of nitrogens with one attached hydrogen (secondary N) is 1. The van der Waals surface area contributed by atoms with Crippen LogP contribution in [0.4, 0.5) is 0 Å². The van der Waals surface area contributed by atoms with Crippen molar-refractivity contribution in [3.05, 3.63) is 30.1 Å². The third kappa shape index (κ3) is 7.29. The molecule has 1 fully saturated rings. The van der Waals surface area contributed by atoms with E-state index in [1.807, 2.05) is 38.2 Å². The topological polar surface area (TPSA) is 65.5 Å². The number of aromatic nitrogens is 1. The van der Waals surface area contributed by atoms with Gasteiger partial charge in [0, 0.05) is 44.4 Å². The standard InChI is InChI=1S/C21H34N4O2/c1-24(2)15-4-12-23-20(26)18-5-7-19(8-6-18)21(27)25(3)16-11-17-9-13-22-14-10-17/h9-10,13-14,18-19H,4-8,11-12,15-16H2,1-3H3,(H,23,26). The molecule has 1 aliphatic rings. The van der Waals surface area contributed by atoms with E-state index in [4.69, 9.17) is 0 Å². The number of hydrogen-bond donors (Lipinski definition) is 1. The Morgan fingerprint density at radius 1 is 1.04 bits per heavy atom. The van der Waals surface area contributed by atoms with Crippen molar-refractivity contribution >= 4 is 11.8 Å². The highest BCUT2D eigenvalue weighted by atomic mass is 16.2. The lowest BCUT2D eigenvalue weighted by atomic mass is 9.81. The molecule has 0 atom stereocenters. The van der Waals surface area contributed by atoms with Crippen LogP contribution in [0, 0.1) is 11.8 Å². The summed E-state index contributed by atoms with van der Waals surface area (Å²) in [4.78, 5) is 32.9. The van der Waals surface area contributed by atoms with Gasteiger partial charge in [-0.2, -0.15) is 0 Å². The summed E-state index contributed by atoms with van der Waals surface area (Å²) in [5.41, 5.74) is 1.19. The minimum Gasteiger partial charge on any atom is -0.356 e. The van der Waals surface area contributed by atoms with Crippen LogP contribution in [0.15, 0.2) is 24.5 Å². The number of rotatable bonds is 9. The summed E-state index contributed by atoms with van der Waals surface area (Å²) < 4.78 is 0. The predicted octanol–water partition coefficient (Wildman–Crippen LogP) is 1.96. The maximum atomic E-state index is 12.7. The summed E-state index contributed by atoms with van der Waals surface area (Å²) in [6, 6.07) is 3.97. The number of hydrogen-bond acceptors (Lipinski definition) is 4. The van der Waals surface area contributed by atoms with E-state index < -0.39 is 0 Å². The van der Waals surface area contributed by atoms with E-state index in [2.05, 4.69) is 15.2 Å². The molecule has 1 N–H and O–H groups in total. The molecule has 2 rings (SSSR count). The van der Waals surface area contributed by atoms with Crippen molar-refractivity contribution in [1.29, 1.82) is 0 Å². The largest absolute Gasteiger partial charge is 0.356 e. The number of carbonyl (C=O) groups is 2. The van der Waals surface area contributed by atoms with Crippen molar-refractivity contribution in [2.75, 3.05) is 40.8 Å². The molecule has 1 saturated carbocycles. The second-order valence-corrected chi connectivity index (χ2v) is 7.86. The Kier molecular flexibility index (Phi) is 8.72. The summed E-state index contributed by atoms with van der Waals surface area (Å²) in [5.74, 6) is 0.500. The highest BCUT2D eigenvalue weighted by molar-refractivity contribution is 5.81. The fourth-order valence-corrected chi connectivity index (χ4v) is 3.62. The van der Waals surface area contributed by atoms with Gasteiger partial charge in [0.05, 0.1) is 0 Å². The summed E-state index contributed by atoms with van der Waals surface area (Å²) in [6.07, 6.45) is 8.63. The second kappa shape index (κ2) is 11.0. The molecule has 27 heavy (non-hydrogen) atoms. The number of nitrogens with zero attached hydrogens (tertiary/aromatic N) is 3. The van der Waals surface area contributed by atoms with E-state index >= 15 is 0 Å². The minimum atomic E-state index is 0.0604. The SMILES string of the molecule is CN(C)CCCNC(=O)C1CCC(C(=O)N(C)CCc2ccncc2)CC1. The lowest BCUT2D eigenvalue weighted by molar-refractivity contribution is -0.137. The van der Waals surface area contributed by atoms with Gasteiger partial charge in [0.1, 0.15) is 0 Å².